The van der Waals surface area contributed by atoms with E-state index < -0.39 is 0 Å². The summed E-state index contributed by atoms with van der Waals surface area (Å²) in [6.07, 6.45) is 11.3. The smallest absolute Gasteiger partial charge is 0.252 e. The van der Waals surface area contributed by atoms with Crippen molar-refractivity contribution in [3.05, 3.63) is 168 Å². The number of H-pyrrole nitrogens is 2. The number of amides is 2. The average Bonchev–Trinajstić information content (AvgIpc) is 3.86. The Morgan fingerprint density at radius 3 is 1.38 bits per heavy atom. The first-order valence-electron chi connectivity index (χ1n) is 17.6. The van der Waals surface area contributed by atoms with E-state index in [0.717, 1.165) is 64.2 Å². The van der Waals surface area contributed by atoms with Gasteiger partial charge in [-0.2, -0.15) is 10.2 Å². The van der Waals surface area contributed by atoms with Crippen LogP contribution in [0.1, 0.15) is 43.5 Å². The molecule has 276 valence electrons. The number of carbonyl (C=O) groups excluding carboxylic acids is 2. The van der Waals surface area contributed by atoms with Gasteiger partial charge in [-0.3, -0.25) is 29.8 Å². The van der Waals surface area contributed by atoms with Crippen molar-refractivity contribution in [1.82, 2.24) is 41.0 Å². The van der Waals surface area contributed by atoms with Crippen LogP contribution in [-0.4, -0.2) is 56.3 Å². The quantitative estimate of drug-likeness (QED) is 0.108. The van der Waals surface area contributed by atoms with Crippen LogP contribution in [0.5, 0.6) is 0 Å². The molecule has 0 saturated carbocycles. The molecule has 0 radical (unpaired) electrons. The van der Waals surface area contributed by atoms with Crippen LogP contribution in [0.2, 0.25) is 0 Å². The largest absolute Gasteiger partial charge is 0.355 e. The lowest BCUT2D eigenvalue weighted by Gasteiger charge is -2.08. The maximum Gasteiger partial charge on any atom is 0.252 e. The summed E-state index contributed by atoms with van der Waals surface area (Å²) in [5.74, 6) is -0.180. The van der Waals surface area contributed by atoms with Crippen LogP contribution in [0.25, 0.3) is 46.1 Å². The number of rotatable bonds is 10. The molecular weight excluding hydrogens is 737 g/mol. The third kappa shape index (κ3) is 9.12. The molecule has 0 aliphatic rings. The first-order chi connectivity index (χ1) is 27.5. The van der Waals surface area contributed by atoms with E-state index in [1.165, 1.54) is 0 Å². The molecule has 8 aromatic rings. The van der Waals surface area contributed by atoms with Crippen molar-refractivity contribution < 1.29 is 9.59 Å². The number of hydrogen-bond acceptors (Lipinski definition) is 8. The molecule has 0 aliphatic carbocycles. The van der Waals surface area contributed by atoms with Gasteiger partial charge in [0.25, 0.3) is 11.8 Å². The number of fused-ring (bicyclic) bond motifs is 2. The fraction of sp³-hybridized carbons (Fsp3) is 0.0455. The van der Waals surface area contributed by atoms with E-state index in [2.05, 4.69) is 41.0 Å². The predicted molar refractivity (Wildman–Crippen MR) is 226 cm³/mol. The molecule has 12 heteroatoms. The van der Waals surface area contributed by atoms with Gasteiger partial charge in [0, 0.05) is 56.8 Å². The molecule has 4 heterocycles. The fourth-order valence-electron chi connectivity index (χ4n) is 5.71. The minimum absolute atomic E-state index is 0.0901. The highest BCUT2D eigenvalue weighted by Gasteiger charge is 2.13. The molecule has 56 heavy (non-hydrogen) atoms. The molecule has 8 rings (SSSR count). The standard InChI is InChI=1S/2C22H18N4OS/c2*1-23-22(27)18-7-2-3-8-21(18)28-16-10-11-17-19(25-26-20(17)14-16)12-9-15-6-4-5-13-24-15/h2*2-14H,1H3,(H,23,27)(H,25,26)/b12-9+;12-9-. The van der Waals surface area contributed by atoms with Gasteiger partial charge in [-0.05, 0) is 109 Å². The van der Waals surface area contributed by atoms with Gasteiger partial charge in [0.1, 0.15) is 0 Å². The van der Waals surface area contributed by atoms with Crippen molar-refractivity contribution in [2.24, 2.45) is 0 Å². The molecular formula is C44H36N8O2S2. The monoisotopic (exact) mass is 772 g/mol. The Balaban J connectivity index is 0.000000172. The van der Waals surface area contributed by atoms with E-state index in [1.807, 2.05) is 146 Å². The summed E-state index contributed by atoms with van der Waals surface area (Å²) in [6, 6.07) is 39.0. The van der Waals surface area contributed by atoms with Gasteiger partial charge in [-0.1, -0.05) is 59.9 Å². The highest BCUT2D eigenvalue weighted by atomic mass is 32.2. The number of pyridine rings is 2. The number of aromatic amines is 2. The Bertz CT molecular complexity index is 2490. The second kappa shape index (κ2) is 18.0. The minimum Gasteiger partial charge on any atom is -0.355 e. The lowest BCUT2D eigenvalue weighted by Crippen LogP contribution is -2.18. The maximum atomic E-state index is 12.1. The van der Waals surface area contributed by atoms with Crippen LogP contribution in [0, 0.1) is 0 Å². The molecule has 10 nitrogen and oxygen atoms in total. The summed E-state index contributed by atoms with van der Waals surface area (Å²) in [5, 5.41) is 22.4. The van der Waals surface area contributed by atoms with Crippen molar-refractivity contribution in [2.75, 3.05) is 14.1 Å². The van der Waals surface area contributed by atoms with E-state index in [1.54, 1.807) is 50.0 Å². The SMILES string of the molecule is CNC(=O)c1ccccc1Sc1ccc2c(/C=C/c3ccccn3)n[nH]c2c1.CNC(=O)c1ccccc1Sc1ccc2c(/C=C\c3ccccn3)n[nH]c2c1. The van der Waals surface area contributed by atoms with Gasteiger partial charge >= 0.3 is 0 Å². The lowest BCUT2D eigenvalue weighted by atomic mass is 10.2. The lowest BCUT2D eigenvalue weighted by molar-refractivity contribution is 0.0952. The van der Waals surface area contributed by atoms with Gasteiger partial charge in [-0.15, -0.1) is 0 Å². The maximum absolute atomic E-state index is 12.1. The molecule has 0 aliphatic heterocycles. The summed E-state index contributed by atoms with van der Waals surface area (Å²) in [6.45, 7) is 0. The van der Waals surface area contributed by atoms with Crippen LogP contribution in [-0.2, 0) is 0 Å². The van der Waals surface area contributed by atoms with Crippen LogP contribution in [0.15, 0.2) is 153 Å². The molecule has 0 unspecified atom stereocenters. The van der Waals surface area contributed by atoms with Gasteiger partial charge in [0.15, 0.2) is 0 Å². The zero-order valence-corrected chi connectivity index (χ0v) is 32.1. The van der Waals surface area contributed by atoms with E-state index in [-0.39, 0.29) is 11.8 Å². The molecule has 2 amide bonds. The number of carbonyl (C=O) groups is 2. The summed E-state index contributed by atoms with van der Waals surface area (Å²) < 4.78 is 0. The zero-order valence-electron chi connectivity index (χ0n) is 30.4. The average molecular weight is 773 g/mol. The second-order valence-electron chi connectivity index (χ2n) is 12.2. The van der Waals surface area contributed by atoms with Crippen molar-refractivity contribution in [2.45, 2.75) is 19.6 Å². The van der Waals surface area contributed by atoms with Gasteiger partial charge in [0.05, 0.1) is 44.9 Å². The number of nitrogens with zero attached hydrogens (tertiary/aromatic N) is 4. The Kier molecular flexibility index (Phi) is 12.1. The minimum atomic E-state index is -0.0901. The Morgan fingerprint density at radius 1 is 0.536 bits per heavy atom. The molecule has 4 aromatic heterocycles. The highest BCUT2D eigenvalue weighted by Crippen LogP contribution is 2.34. The normalized spacial score (nSPS) is 11.2. The van der Waals surface area contributed by atoms with E-state index >= 15 is 0 Å². The van der Waals surface area contributed by atoms with Gasteiger partial charge in [-0.25, -0.2) is 0 Å². The third-order valence-corrected chi connectivity index (χ3v) is 10.6. The second-order valence-corrected chi connectivity index (χ2v) is 14.4. The van der Waals surface area contributed by atoms with Crippen LogP contribution in [0.3, 0.4) is 0 Å². The molecule has 0 atom stereocenters. The number of hydrogen-bond donors (Lipinski definition) is 4. The highest BCUT2D eigenvalue weighted by molar-refractivity contribution is 7.99. The van der Waals surface area contributed by atoms with Crippen molar-refractivity contribution >= 4 is 81.4 Å². The first kappa shape index (κ1) is 37.6. The molecule has 4 N–H and O–H groups in total. The van der Waals surface area contributed by atoms with Crippen LogP contribution >= 0.6 is 23.5 Å². The summed E-state index contributed by atoms with van der Waals surface area (Å²) in [5.41, 5.74) is 6.72. The van der Waals surface area contributed by atoms with Gasteiger partial charge in [0.2, 0.25) is 0 Å². The Labute approximate surface area is 332 Å². The summed E-state index contributed by atoms with van der Waals surface area (Å²) in [4.78, 5) is 36.6. The topological polar surface area (TPSA) is 141 Å². The molecule has 0 bridgehead atoms. The molecule has 0 fully saturated rings. The summed E-state index contributed by atoms with van der Waals surface area (Å²) >= 11 is 3.11. The molecule has 0 spiro atoms. The van der Waals surface area contributed by atoms with Crippen LogP contribution < -0.4 is 10.6 Å². The Hall–Kier alpha value is -6.76. The molecule has 0 saturated heterocycles. The first-order valence-corrected chi connectivity index (χ1v) is 19.2. The number of nitrogens with one attached hydrogen (secondary N) is 4. The Morgan fingerprint density at radius 2 is 0.964 bits per heavy atom. The van der Waals surface area contributed by atoms with Crippen molar-refractivity contribution in [3.8, 4) is 0 Å². The van der Waals surface area contributed by atoms with Crippen molar-refractivity contribution in [1.29, 1.82) is 0 Å². The predicted octanol–water partition coefficient (Wildman–Crippen LogP) is 9.28. The summed E-state index contributed by atoms with van der Waals surface area (Å²) in [7, 11) is 3.28. The van der Waals surface area contributed by atoms with Crippen LogP contribution in [0.4, 0.5) is 0 Å². The zero-order chi connectivity index (χ0) is 38.7. The van der Waals surface area contributed by atoms with Gasteiger partial charge < -0.3 is 10.6 Å². The van der Waals surface area contributed by atoms with E-state index in [0.29, 0.717) is 11.1 Å². The van der Waals surface area contributed by atoms with E-state index in [9.17, 15) is 9.59 Å². The fourth-order valence-corrected chi connectivity index (χ4v) is 7.68. The van der Waals surface area contributed by atoms with E-state index in [4.69, 9.17) is 0 Å². The number of aromatic nitrogens is 6. The molecule has 4 aromatic carbocycles. The third-order valence-electron chi connectivity index (χ3n) is 8.50. The van der Waals surface area contributed by atoms with Crippen molar-refractivity contribution in [3.63, 3.8) is 0 Å². The number of benzene rings is 4.